The van der Waals surface area contributed by atoms with E-state index in [4.69, 9.17) is 0 Å². The normalized spacial score (nSPS) is 14.7. The van der Waals surface area contributed by atoms with Crippen molar-refractivity contribution in [2.75, 3.05) is 0 Å². The van der Waals surface area contributed by atoms with Crippen LogP contribution in [0.1, 0.15) is 24.1 Å². The van der Waals surface area contributed by atoms with Gasteiger partial charge in [0.05, 0.1) is 0 Å². The molecule has 2 heteroatoms. The van der Waals surface area contributed by atoms with Crippen molar-refractivity contribution in [1.82, 2.24) is 4.57 Å². The fourth-order valence-electron chi connectivity index (χ4n) is 2.72. The number of hydrogen-bond acceptors (Lipinski definition) is 0. The SMILES string of the molecule is Cl.Cn1c2c(c3ccccc31)CCCC2. The van der Waals surface area contributed by atoms with E-state index < -0.39 is 0 Å². The van der Waals surface area contributed by atoms with Gasteiger partial charge in [-0.1, -0.05) is 18.2 Å². The lowest BCUT2D eigenvalue weighted by atomic mass is 9.96. The number of halogens is 1. The summed E-state index contributed by atoms with van der Waals surface area (Å²) in [6, 6.07) is 8.78. The molecule has 0 fully saturated rings. The molecule has 2 aromatic rings. The Labute approximate surface area is 96.5 Å². The van der Waals surface area contributed by atoms with Crippen LogP contribution in [0.3, 0.4) is 0 Å². The van der Waals surface area contributed by atoms with E-state index in [0.29, 0.717) is 0 Å². The van der Waals surface area contributed by atoms with Gasteiger partial charge in [0, 0.05) is 23.6 Å². The first-order valence-electron chi connectivity index (χ1n) is 5.43. The van der Waals surface area contributed by atoms with E-state index in [1.807, 2.05) is 0 Å². The number of aromatic nitrogens is 1. The Bertz CT molecular complexity index is 484. The first-order valence-corrected chi connectivity index (χ1v) is 5.43. The van der Waals surface area contributed by atoms with Crippen molar-refractivity contribution in [3.63, 3.8) is 0 Å². The molecule has 0 N–H and O–H groups in total. The number of hydrogen-bond donors (Lipinski definition) is 0. The molecule has 0 radical (unpaired) electrons. The first kappa shape index (κ1) is 10.6. The first-order chi connectivity index (χ1) is 6.88. The molecule has 1 aliphatic carbocycles. The molecule has 0 bridgehead atoms. The van der Waals surface area contributed by atoms with Crippen LogP contribution in [0, 0.1) is 0 Å². The smallest absolute Gasteiger partial charge is 0.0482 e. The van der Waals surface area contributed by atoms with Crippen LogP contribution >= 0.6 is 12.4 Å². The quantitative estimate of drug-likeness (QED) is 0.642. The second kappa shape index (κ2) is 3.90. The van der Waals surface area contributed by atoms with Gasteiger partial charge in [0.2, 0.25) is 0 Å². The molecule has 1 nitrogen and oxygen atoms in total. The molecular formula is C13H16ClN. The molecule has 0 saturated heterocycles. The Morgan fingerprint density at radius 3 is 2.67 bits per heavy atom. The average Bonchev–Trinajstić information content (AvgIpc) is 2.55. The largest absolute Gasteiger partial charge is 0.347 e. The molecule has 3 rings (SSSR count). The minimum absolute atomic E-state index is 0. The lowest BCUT2D eigenvalue weighted by molar-refractivity contribution is 0.653. The molecule has 0 atom stereocenters. The highest BCUT2D eigenvalue weighted by Crippen LogP contribution is 2.30. The number of nitrogens with zero attached hydrogens (tertiary/aromatic N) is 1. The summed E-state index contributed by atoms with van der Waals surface area (Å²) < 4.78 is 2.38. The zero-order valence-corrected chi connectivity index (χ0v) is 9.81. The number of fused-ring (bicyclic) bond motifs is 3. The van der Waals surface area contributed by atoms with Crippen LogP contribution in [0.15, 0.2) is 24.3 Å². The van der Waals surface area contributed by atoms with Gasteiger partial charge >= 0.3 is 0 Å². The number of rotatable bonds is 0. The van der Waals surface area contributed by atoms with Gasteiger partial charge in [-0.3, -0.25) is 0 Å². The molecule has 1 heterocycles. The van der Waals surface area contributed by atoms with Crippen LogP contribution < -0.4 is 0 Å². The lowest BCUT2D eigenvalue weighted by Gasteiger charge is -2.12. The van der Waals surface area contributed by atoms with E-state index in [9.17, 15) is 0 Å². The third kappa shape index (κ3) is 1.46. The molecule has 0 unspecified atom stereocenters. The number of aryl methyl sites for hydroxylation is 2. The third-order valence-corrected chi connectivity index (χ3v) is 3.43. The zero-order valence-electron chi connectivity index (χ0n) is 8.99. The van der Waals surface area contributed by atoms with Crippen molar-refractivity contribution < 1.29 is 0 Å². The Kier molecular flexibility index (Phi) is 2.74. The molecule has 0 saturated carbocycles. The average molecular weight is 222 g/mol. The van der Waals surface area contributed by atoms with E-state index in [1.54, 1.807) is 11.3 Å². The summed E-state index contributed by atoms with van der Waals surface area (Å²) in [6.07, 6.45) is 5.26. The summed E-state index contributed by atoms with van der Waals surface area (Å²) in [7, 11) is 2.20. The topological polar surface area (TPSA) is 4.93 Å². The van der Waals surface area contributed by atoms with Gasteiger partial charge in [0.25, 0.3) is 0 Å². The highest BCUT2D eigenvalue weighted by Gasteiger charge is 2.17. The van der Waals surface area contributed by atoms with Crippen LogP contribution in [0.4, 0.5) is 0 Å². The standard InChI is InChI=1S/C13H15N.ClH/c1-14-12-8-4-2-6-10(12)11-7-3-5-9-13(11)14;/h2,4,6,8H,3,5,7,9H2,1H3;1H. The maximum atomic E-state index is 2.38. The molecule has 0 spiro atoms. The third-order valence-electron chi connectivity index (χ3n) is 3.43. The Morgan fingerprint density at radius 1 is 1.07 bits per heavy atom. The minimum Gasteiger partial charge on any atom is -0.347 e. The van der Waals surface area contributed by atoms with Crippen LogP contribution in [-0.4, -0.2) is 4.57 Å². The van der Waals surface area contributed by atoms with Crippen molar-refractivity contribution in [3.8, 4) is 0 Å². The Morgan fingerprint density at radius 2 is 1.80 bits per heavy atom. The van der Waals surface area contributed by atoms with Crippen molar-refractivity contribution in [1.29, 1.82) is 0 Å². The molecule has 0 aliphatic heterocycles. The van der Waals surface area contributed by atoms with E-state index >= 15 is 0 Å². The fourth-order valence-corrected chi connectivity index (χ4v) is 2.72. The maximum absolute atomic E-state index is 2.38. The van der Waals surface area contributed by atoms with Gasteiger partial charge in [-0.2, -0.15) is 0 Å². The summed E-state index contributed by atoms with van der Waals surface area (Å²) in [5.74, 6) is 0. The van der Waals surface area contributed by atoms with E-state index in [2.05, 4.69) is 35.9 Å². The summed E-state index contributed by atoms with van der Waals surface area (Å²) in [5, 5.41) is 1.48. The zero-order chi connectivity index (χ0) is 9.54. The van der Waals surface area contributed by atoms with Crippen LogP contribution in [0.25, 0.3) is 10.9 Å². The highest BCUT2D eigenvalue weighted by atomic mass is 35.5. The van der Waals surface area contributed by atoms with Gasteiger partial charge in [0.1, 0.15) is 0 Å². The Balaban J connectivity index is 0.000000853. The molecule has 80 valence electrons. The second-order valence-electron chi connectivity index (χ2n) is 4.21. The van der Waals surface area contributed by atoms with Gasteiger partial charge in [-0.15, -0.1) is 12.4 Å². The second-order valence-corrected chi connectivity index (χ2v) is 4.21. The van der Waals surface area contributed by atoms with E-state index in [0.717, 1.165) is 0 Å². The molecule has 15 heavy (non-hydrogen) atoms. The summed E-state index contributed by atoms with van der Waals surface area (Å²) in [6.45, 7) is 0. The van der Waals surface area contributed by atoms with E-state index in [-0.39, 0.29) is 12.4 Å². The van der Waals surface area contributed by atoms with Crippen LogP contribution in [0.2, 0.25) is 0 Å². The number of para-hydroxylation sites is 1. The van der Waals surface area contributed by atoms with Gasteiger partial charge in [-0.25, -0.2) is 0 Å². The number of benzene rings is 1. The summed E-state index contributed by atoms with van der Waals surface area (Å²) in [4.78, 5) is 0. The predicted molar refractivity (Wildman–Crippen MR) is 66.8 cm³/mol. The lowest BCUT2D eigenvalue weighted by Crippen LogP contribution is -2.04. The summed E-state index contributed by atoms with van der Waals surface area (Å²) in [5.41, 5.74) is 4.58. The van der Waals surface area contributed by atoms with Crippen molar-refractivity contribution in [2.45, 2.75) is 25.7 Å². The van der Waals surface area contributed by atoms with Crippen molar-refractivity contribution in [2.24, 2.45) is 7.05 Å². The molecule has 1 aromatic carbocycles. The highest BCUT2D eigenvalue weighted by molar-refractivity contribution is 5.86. The van der Waals surface area contributed by atoms with Gasteiger partial charge in [-0.05, 0) is 37.3 Å². The van der Waals surface area contributed by atoms with Gasteiger partial charge < -0.3 is 4.57 Å². The monoisotopic (exact) mass is 221 g/mol. The van der Waals surface area contributed by atoms with Crippen LogP contribution in [-0.2, 0) is 19.9 Å². The minimum atomic E-state index is 0. The predicted octanol–water partition coefficient (Wildman–Crippen LogP) is 3.48. The van der Waals surface area contributed by atoms with Crippen LogP contribution in [0.5, 0.6) is 0 Å². The van der Waals surface area contributed by atoms with Crippen molar-refractivity contribution in [3.05, 3.63) is 35.5 Å². The fraction of sp³-hybridized carbons (Fsp3) is 0.385. The molecular weight excluding hydrogens is 206 g/mol. The summed E-state index contributed by atoms with van der Waals surface area (Å²) >= 11 is 0. The maximum Gasteiger partial charge on any atom is 0.0482 e. The van der Waals surface area contributed by atoms with Gasteiger partial charge in [0.15, 0.2) is 0 Å². The Hall–Kier alpha value is -0.950. The molecule has 1 aliphatic rings. The van der Waals surface area contributed by atoms with E-state index in [1.165, 1.54) is 36.6 Å². The molecule has 0 amide bonds. The molecule has 1 aromatic heterocycles. The van der Waals surface area contributed by atoms with Crippen molar-refractivity contribution >= 4 is 23.3 Å².